The van der Waals surface area contributed by atoms with E-state index in [2.05, 4.69) is 10.2 Å². The van der Waals surface area contributed by atoms with Gasteiger partial charge in [0.1, 0.15) is 5.75 Å². The zero-order valence-electron chi connectivity index (χ0n) is 14.1. The van der Waals surface area contributed by atoms with E-state index in [9.17, 15) is 4.79 Å². The summed E-state index contributed by atoms with van der Waals surface area (Å²) >= 11 is 6.00. The zero-order valence-corrected chi connectivity index (χ0v) is 14.8. The Morgan fingerprint density at radius 1 is 1.32 bits per heavy atom. The van der Waals surface area contributed by atoms with Crippen molar-refractivity contribution >= 4 is 23.2 Å². The van der Waals surface area contributed by atoms with Crippen LogP contribution in [0.4, 0.5) is 5.69 Å². The highest BCUT2D eigenvalue weighted by Crippen LogP contribution is 2.28. The Balaban J connectivity index is 1.60. The maximum Gasteiger partial charge on any atom is 0.238 e. The summed E-state index contributed by atoms with van der Waals surface area (Å²) in [4.78, 5) is 14.5. The lowest BCUT2D eigenvalue weighted by molar-refractivity contribution is -0.119. The summed E-state index contributed by atoms with van der Waals surface area (Å²) in [6.07, 6.45) is -0.0107. The zero-order chi connectivity index (χ0) is 17.6. The summed E-state index contributed by atoms with van der Waals surface area (Å²) in [7, 11) is 1.56. The van der Waals surface area contributed by atoms with Crippen molar-refractivity contribution in [3.05, 3.63) is 59.1 Å². The second-order valence-electron chi connectivity index (χ2n) is 5.90. The predicted octanol–water partition coefficient (Wildman–Crippen LogP) is 3.36. The molecule has 1 aliphatic rings. The minimum absolute atomic E-state index is 0.0107. The van der Waals surface area contributed by atoms with E-state index in [0.717, 1.165) is 12.1 Å². The third-order valence-corrected chi connectivity index (χ3v) is 4.36. The van der Waals surface area contributed by atoms with E-state index >= 15 is 0 Å². The summed E-state index contributed by atoms with van der Waals surface area (Å²) in [6.45, 7) is 2.31. The number of carbonyl (C=O) groups is 1. The van der Waals surface area contributed by atoms with E-state index < -0.39 is 0 Å². The second-order valence-corrected chi connectivity index (χ2v) is 6.33. The lowest BCUT2D eigenvalue weighted by Gasteiger charge is -2.32. The van der Waals surface area contributed by atoms with Crippen LogP contribution in [0.2, 0.25) is 5.02 Å². The van der Waals surface area contributed by atoms with Gasteiger partial charge in [0.15, 0.2) is 0 Å². The molecule has 0 radical (unpaired) electrons. The number of methoxy groups -OCH3 is 1. The molecule has 3 rings (SSSR count). The molecule has 25 heavy (non-hydrogen) atoms. The van der Waals surface area contributed by atoms with E-state index in [1.807, 2.05) is 30.3 Å². The molecule has 1 saturated heterocycles. The van der Waals surface area contributed by atoms with Crippen LogP contribution >= 0.6 is 11.6 Å². The standard InChI is InChI=1S/C19H21ClN2O3/c1-24-17-8-7-15(20)11-16(17)21-19(23)13-22-9-10-25-18(12-22)14-5-3-2-4-6-14/h2-8,11,18H,9-10,12-13H2,1H3,(H,21,23). The Bertz CT molecular complexity index is 724. The van der Waals surface area contributed by atoms with Gasteiger partial charge < -0.3 is 14.8 Å². The first-order valence-corrected chi connectivity index (χ1v) is 8.56. The Kier molecular flexibility index (Phi) is 5.91. The summed E-state index contributed by atoms with van der Waals surface area (Å²) in [5.74, 6) is 0.483. The van der Waals surface area contributed by atoms with E-state index in [1.165, 1.54) is 0 Å². The number of hydrogen-bond donors (Lipinski definition) is 1. The number of ether oxygens (including phenoxy) is 2. The first-order chi connectivity index (χ1) is 12.2. The van der Waals surface area contributed by atoms with Gasteiger partial charge >= 0.3 is 0 Å². The molecule has 1 aliphatic heterocycles. The topological polar surface area (TPSA) is 50.8 Å². The van der Waals surface area contributed by atoms with Crippen molar-refractivity contribution in [1.82, 2.24) is 4.90 Å². The van der Waals surface area contributed by atoms with Gasteiger partial charge in [-0.25, -0.2) is 0 Å². The molecular formula is C19H21ClN2O3. The molecule has 5 nitrogen and oxygen atoms in total. The third-order valence-electron chi connectivity index (χ3n) is 4.12. The van der Waals surface area contributed by atoms with Crippen molar-refractivity contribution < 1.29 is 14.3 Å². The van der Waals surface area contributed by atoms with Crippen LogP contribution in [-0.2, 0) is 9.53 Å². The number of morpholine rings is 1. The number of benzene rings is 2. The average molecular weight is 361 g/mol. The quantitative estimate of drug-likeness (QED) is 0.888. The Morgan fingerprint density at radius 3 is 2.88 bits per heavy atom. The van der Waals surface area contributed by atoms with Gasteiger partial charge in [0.05, 0.1) is 32.1 Å². The summed E-state index contributed by atoms with van der Waals surface area (Å²) < 4.78 is 11.1. The molecule has 1 fully saturated rings. The van der Waals surface area contributed by atoms with Crippen LogP contribution in [0.25, 0.3) is 0 Å². The van der Waals surface area contributed by atoms with Crippen molar-refractivity contribution in [3.8, 4) is 5.75 Å². The molecule has 0 spiro atoms. The Hall–Kier alpha value is -2.08. The SMILES string of the molecule is COc1ccc(Cl)cc1NC(=O)CN1CCOC(c2ccccc2)C1. The van der Waals surface area contributed by atoms with Crippen molar-refractivity contribution in [2.45, 2.75) is 6.10 Å². The fourth-order valence-electron chi connectivity index (χ4n) is 2.89. The highest BCUT2D eigenvalue weighted by Gasteiger charge is 2.23. The van der Waals surface area contributed by atoms with Crippen molar-refractivity contribution in [2.75, 3.05) is 38.7 Å². The highest BCUT2D eigenvalue weighted by molar-refractivity contribution is 6.31. The first kappa shape index (κ1) is 17.7. The molecule has 2 aromatic carbocycles. The monoisotopic (exact) mass is 360 g/mol. The normalized spacial score (nSPS) is 17.9. The molecule has 0 aliphatic carbocycles. The molecule has 1 heterocycles. The van der Waals surface area contributed by atoms with E-state index in [4.69, 9.17) is 21.1 Å². The third kappa shape index (κ3) is 4.72. The minimum Gasteiger partial charge on any atom is -0.495 e. The summed E-state index contributed by atoms with van der Waals surface area (Å²) in [5.41, 5.74) is 1.71. The van der Waals surface area contributed by atoms with Gasteiger partial charge in [-0.2, -0.15) is 0 Å². The average Bonchev–Trinajstić information content (AvgIpc) is 2.63. The molecule has 0 aromatic heterocycles. The number of anilines is 1. The fraction of sp³-hybridized carbons (Fsp3) is 0.316. The molecule has 1 amide bonds. The minimum atomic E-state index is -0.103. The number of halogens is 1. The molecule has 1 unspecified atom stereocenters. The molecule has 6 heteroatoms. The maximum atomic E-state index is 12.4. The summed E-state index contributed by atoms with van der Waals surface area (Å²) in [6, 6.07) is 15.2. The summed E-state index contributed by atoms with van der Waals surface area (Å²) in [5, 5.41) is 3.42. The molecule has 1 N–H and O–H groups in total. The van der Waals surface area contributed by atoms with Crippen LogP contribution in [-0.4, -0.2) is 44.2 Å². The molecular weight excluding hydrogens is 340 g/mol. The van der Waals surface area contributed by atoms with Gasteiger partial charge in [-0.3, -0.25) is 9.69 Å². The van der Waals surface area contributed by atoms with Gasteiger partial charge in [-0.05, 0) is 23.8 Å². The Morgan fingerprint density at radius 2 is 2.12 bits per heavy atom. The molecule has 0 saturated carbocycles. The number of amides is 1. The van der Waals surface area contributed by atoms with Crippen LogP contribution in [0.5, 0.6) is 5.75 Å². The smallest absolute Gasteiger partial charge is 0.238 e. The van der Waals surface area contributed by atoms with Crippen LogP contribution in [0.15, 0.2) is 48.5 Å². The van der Waals surface area contributed by atoms with Gasteiger partial charge in [0, 0.05) is 18.1 Å². The van der Waals surface area contributed by atoms with E-state index in [1.54, 1.807) is 25.3 Å². The number of hydrogen-bond acceptors (Lipinski definition) is 4. The van der Waals surface area contributed by atoms with Gasteiger partial charge in [-0.1, -0.05) is 41.9 Å². The van der Waals surface area contributed by atoms with E-state index in [0.29, 0.717) is 36.2 Å². The first-order valence-electron chi connectivity index (χ1n) is 8.18. The Labute approximate surface area is 152 Å². The predicted molar refractivity (Wildman–Crippen MR) is 98.2 cm³/mol. The molecule has 0 bridgehead atoms. The van der Waals surface area contributed by atoms with Crippen molar-refractivity contribution in [1.29, 1.82) is 0 Å². The van der Waals surface area contributed by atoms with Crippen LogP contribution in [0, 0.1) is 0 Å². The molecule has 132 valence electrons. The van der Waals surface area contributed by atoms with Crippen LogP contribution in [0.1, 0.15) is 11.7 Å². The number of rotatable bonds is 5. The fourth-order valence-corrected chi connectivity index (χ4v) is 3.06. The lowest BCUT2D eigenvalue weighted by Crippen LogP contribution is -2.42. The van der Waals surface area contributed by atoms with Crippen molar-refractivity contribution in [3.63, 3.8) is 0 Å². The second kappa shape index (κ2) is 8.34. The van der Waals surface area contributed by atoms with Gasteiger partial charge in [0.2, 0.25) is 5.91 Å². The van der Waals surface area contributed by atoms with Crippen LogP contribution in [0.3, 0.4) is 0 Å². The highest BCUT2D eigenvalue weighted by atomic mass is 35.5. The van der Waals surface area contributed by atoms with Gasteiger partial charge in [-0.15, -0.1) is 0 Å². The molecule has 2 aromatic rings. The van der Waals surface area contributed by atoms with Crippen molar-refractivity contribution in [2.24, 2.45) is 0 Å². The van der Waals surface area contributed by atoms with Gasteiger partial charge in [0.25, 0.3) is 0 Å². The van der Waals surface area contributed by atoms with Crippen LogP contribution < -0.4 is 10.1 Å². The number of nitrogens with one attached hydrogen (secondary N) is 1. The lowest BCUT2D eigenvalue weighted by atomic mass is 10.1. The molecule has 1 atom stereocenters. The largest absolute Gasteiger partial charge is 0.495 e. The maximum absolute atomic E-state index is 12.4. The number of carbonyl (C=O) groups excluding carboxylic acids is 1. The van der Waals surface area contributed by atoms with E-state index in [-0.39, 0.29) is 12.0 Å². The number of nitrogens with zero attached hydrogens (tertiary/aromatic N) is 1.